The molecule has 0 bridgehead atoms. The first kappa shape index (κ1) is 47.5. The molecule has 0 aliphatic rings. The molecule has 0 aromatic carbocycles. The normalized spacial score (nSPS) is 13.4. The van der Waals surface area contributed by atoms with Gasteiger partial charge in [-0.15, -0.1) is 0 Å². The van der Waals surface area contributed by atoms with Gasteiger partial charge in [-0.1, -0.05) is 134 Å². The minimum atomic E-state index is -1.13. The van der Waals surface area contributed by atoms with Crippen molar-refractivity contribution in [1.29, 1.82) is 0 Å². The fourth-order valence-electron chi connectivity index (χ4n) is 5.67. The van der Waals surface area contributed by atoms with Crippen LogP contribution in [0.2, 0.25) is 0 Å². The van der Waals surface area contributed by atoms with E-state index in [-0.39, 0.29) is 42.7 Å². The van der Waals surface area contributed by atoms with E-state index in [1.165, 1.54) is 57.8 Å². The van der Waals surface area contributed by atoms with E-state index in [0.29, 0.717) is 12.8 Å². The van der Waals surface area contributed by atoms with Gasteiger partial charge in [0, 0.05) is 19.3 Å². The molecule has 0 fully saturated rings. The molecule has 2 atom stereocenters. The Kier molecular flexibility index (Phi) is 32.0. The lowest BCUT2D eigenvalue weighted by Crippen LogP contribution is -2.55. The number of nitrogens with zero attached hydrogens (tertiary/aromatic N) is 1. The van der Waals surface area contributed by atoms with Gasteiger partial charge in [-0.3, -0.25) is 9.59 Å². The summed E-state index contributed by atoms with van der Waals surface area (Å²) < 4.78 is 17.1. The molecule has 0 radical (unpaired) electrons. The van der Waals surface area contributed by atoms with Crippen LogP contribution in [0.15, 0.2) is 36.5 Å². The highest BCUT2D eigenvalue weighted by molar-refractivity contribution is 5.70. The van der Waals surface area contributed by atoms with Crippen molar-refractivity contribution in [3.8, 4) is 0 Å². The number of quaternary nitrogens is 1. The van der Waals surface area contributed by atoms with Gasteiger partial charge >= 0.3 is 11.9 Å². The SMILES string of the molecule is CC/C=C/C/C=C/C/C=C/CCCCCCC(=O)OC(COCCC(C(=O)[O-])[N+](C)(C)C)COC(=O)CCCCCCCCCCCCCC. The zero-order valence-corrected chi connectivity index (χ0v) is 32.8. The number of likely N-dealkylation sites (N-methyl/N-ethyl adjacent to an activating group) is 1. The van der Waals surface area contributed by atoms with Crippen LogP contribution in [0.25, 0.3) is 0 Å². The first-order valence-electron chi connectivity index (χ1n) is 20.0. The second-order valence-electron chi connectivity index (χ2n) is 14.5. The molecule has 8 nitrogen and oxygen atoms in total. The summed E-state index contributed by atoms with van der Waals surface area (Å²) in [6.45, 7) is 4.51. The minimum absolute atomic E-state index is 0.0332. The maximum absolute atomic E-state index is 12.6. The molecule has 0 aromatic heterocycles. The summed E-state index contributed by atoms with van der Waals surface area (Å²) in [6, 6.07) is -0.727. The van der Waals surface area contributed by atoms with Gasteiger partial charge in [-0.05, 0) is 44.9 Å². The Morgan fingerprint density at radius 1 is 0.620 bits per heavy atom. The van der Waals surface area contributed by atoms with E-state index in [9.17, 15) is 19.5 Å². The first-order valence-corrected chi connectivity index (χ1v) is 20.0. The van der Waals surface area contributed by atoms with Crippen molar-refractivity contribution in [2.45, 2.75) is 174 Å². The van der Waals surface area contributed by atoms with Gasteiger partial charge in [0.1, 0.15) is 12.6 Å². The Morgan fingerprint density at radius 3 is 1.66 bits per heavy atom. The van der Waals surface area contributed by atoms with E-state index in [0.717, 1.165) is 70.6 Å². The molecule has 2 unspecified atom stereocenters. The minimum Gasteiger partial charge on any atom is -0.544 e. The molecule has 0 spiro atoms. The molecule has 0 aliphatic carbocycles. The van der Waals surface area contributed by atoms with Crippen LogP contribution in [0.3, 0.4) is 0 Å². The number of carboxylic acids is 1. The number of rotatable bonds is 35. The Morgan fingerprint density at radius 2 is 1.12 bits per heavy atom. The van der Waals surface area contributed by atoms with Gasteiger partial charge < -0.3 is 28.6 Å². The van der Waals surface area contributed by atoms with Crippen molar-refractivity contribution in [3.63, 3.8) is 0 Å². The van der Waals surface area contributed by atoms with Crippen LogP contribution in [0.4, 0.5) is 0 Å². The van der Waals surface area contributed by atoms with Crippen LogP contribution in [-0.4, -0.2) is 75.5 Å². The smallest absolute Gasteiger partial charge is 0.306 e. The van der Waals surface area contributed by atoms with Gasteiger partial charge in [0.2, 0.25) is 0 Å². The number of carboxylic acid groups (broad SMARTS) is 1. The standard InChI is InChI=1S/C42H75NO7/c1-6-8-10-12-14-16-18-20-21-23-25-27-29-31-33-41(45)50-38(36-48-35-34-39(42(46)47)43(3,4)5)37-49-40(44)32-30-28-26-24-22-19-17-15-13-11-9-7-2/h8,10,14,16,20-21,38-39H,6-7,9,11-13,15,17-19,22-37H2,1-5H3/b10-8+,16-14+,21-20+. The van der Waals surface area contributed by atoms with Gasteiger partial charge in [-0.2, -0.15) is 0 Å². The van der Waals surface area contributed by atoms with Gasteiger partial charge in [0.25, 0.3) is 0 Å². The molecule has 0 heterocycles. The van der Waals surface area contributed by atoms with Gasteiger partial charge in [0.15, 0.2) is 6.10 Å². The Balaban J connectivity index is 4.44. The average molecular weight is 706 g/mol. The quantitative estimate of drug-likeness (QED) is 0.0281. The zero-order valence-electron chi connectivity index (χ0n) is 32.8. The maximum atomic E-state index is 12.6. The molecule has 0 amide bonds. The lowest BCUT2D eigenvalue weighted by molar-refractivity contribution is -0.889. The molecule has 0 aromatic rings. The first-order chi connectivity index (χ1) is 24.1. The van der Waals surface area contributed by atoms with Crippen LogP contribution in [-0.2, 0) is 28.6 Å². The Hall–Kier alpha value is -2.45. The van der Waals surface area contributed by atoms with E-state index in [1.54, 1.807) is 21.1 Å². The van der Waals surface area contributed by atoms with Crippen LogP contribution < -0.4 is 5.11 Å². The Labute approximate surface area is 306 Å². The molecule has 0 N–H and O–H groups in total. The van der Waals surface area contributed by atoms with Crippen LogP contribution in [0.5, 0.6) is 0 Å². The van der Waals surface area contributed by atoms with E-state index in [4.69, 9.17) is 14.2 Å². The molecule has 0 saturated heterocycles. The highest BCUT2D eigenvalue weighted by atomic mass is 16.6. The monoisotopic (exact) mass is 706 g/mol. The lowest BCUT2D eigenvalue weighted by Gasteiger charge is -2.34. The number of unbranched alkanes of at least 4 members (excludes halogenated alkanes) is 15. The lowest BCUT2D eigenvalue weighted by atomic mass is 10.0. The van der Waals surface area contributed by atoms with Crippen LogP contribution >= 0.6 is 0 Å². The predicted octanol–water partition coefficient (Wildman–Crippen LogP) is 8.96. The highest BCUT2D eigenvalue weighted by Gasteiger charge is 2.25. The molecule has 0 saturated carbocycles. The molecule has 0 aliphatic heterocycles. The fraction of sp³-hybridized carbons (Fsp3) is 0.786. The van der Waals surface area contributed by atoms with Crippen molar-refractivity contribution in [3.05, 3.63) is 36.5 Å². The summed E-state index contributed by atoms with van der Waals surface area (Å²) in [5.74, 6) is -1.76. The summed E-state index contributed by atoms with van der Waals surface area (Å²) in [5, 5.41) is 11.6. The molecular formula is C42H75NO7. The molecule has 290 valence electrons. The number of carbonyl (C=O) groups excluding carboxylic acids is 3. The third-order valence-corrected chi connectivity index (χ3v) is 8.79. The number of allylic oxidation sites excluding steroid dienone is 6. The van der Waals surface area contributed by atoms with Crippen molar-refractivity contribution in [2.24, 2.45) is 0 Å². The summed E-state index contributed by atoms with van der Waals surface area (Å²) in [7, 11) is 5.39. The summed E-state index contributed by atoms with van der Waals surface area (Å²) in [5.41, 5.74) is 0. The molecular weight excluding hydrogens is 630 g/mol. The summed E-state index contributed by atoms with van der Waals surface area (Å²) >= 11 is 0. The van der Waals surface area contributed by atoms with Crippen molar-refractivity contribution in [1.82, 2.24) is 0 Å². The van der Waals surface area contributed by atoms with Crippen LogP contribution in [0, 0.1) is 0 Å². The highest BCUT2D eigenvalue weighted by Crippen LogP contribution is 2.14. The predicted molar refractivity (Wildman–Crippen MR) is 203 cm³/mol. The van der Waals surface area contributed by atoms with Gasteiger partial charge in [0.05, 0.1) is 40.3 Å². The van der Waals surface area contributed by atoms with Gasteiger partial charge in [-0.25, -0.2) is 0 Å². The number of hydrogen-bond donors (Lipinski definition) is 0. The third kappa shape index (κ3) is 31.5. The number of aliphatic carboxylic acids is 1. The van der Waals surface area contributed by atoms with E-state index >= 15 is 0 Å². The largest absolute Gasteiger partial charge is 0.544 e. The van der Waals surface area contributed by atoms with E-state index in [1.807, 2.05) is 0 Å². The summed E-state index contributed by atoms with van der Waals surface area (Å²) in [6.07, 6.45) is 35.9. The van der Waals surface area contributed by atoms with Crippen molar-refractivity contribution >= 4 is 17.9 Å². The Bertz CT molecular complexity index is 922. The number of hydrogen-bond acceptors (Lipinski definition) is 7. The number of ether oxygens (including phenoxy) is 3. The fourth-order valence-corrected chi connectivity index (χ4v) is 5.67. The maximum Gasteiger partial charge on any atom is 0.306 e. The molecule has 8 heteroatoms. The average Bonchev–Trinajstić information content (AvgIpc) is 3.06. The number of carbonyl (C=O) groups is 3. The molecule has 0 rings (SSSR count). The second kappa shape index (κ2) is 33.7. The van der Waals surface area contributed by atoms with E-state index in [2.05, 4.69) is 50.3 Å². The van der Waals surface area contributed by atoms with E-state index < -0.39 is 18.1 Å². The summed E-state index contributed by atoms with van der Waals surface area (Å²) in [4.78, 5) is 36.7. The van der Waals surface area contributed by atoms with Crippen LogP contribution in [0.1, 0.15) is 162 Å². The third-order valence-electron chi connectivity index (χ3n) is 8.79. The van der Waals surface area contributed by atoms with Crippen molar-refractivity contribution in [2.75, 3.05) is 41.0 Å². The topological polar surface area (TPSA) is 102 Å². The second-order valence-corrected chi connectivity index (χ2v) is 14.5. The zero-order chi connectivity index (χ0) is 37.1. The molecule has 50 heavy (non-hydrogen) atoms. The number of esters is 2. The van der Waals surface area contributed by atoms with Crippen molar-refractivity contribution < 1.29 is 38.2 Å².